The second kappa shape index (κ2) is 9.15. The van der Waals surface area contributed by atoms with E-state index in [1.165, 1.54) is 4.57 Å². The zero-order valence-corrected chi connectivity index (χ0v) is 24.2. The fraction of sp³-hybridized carbons (Fsp3) is 0.818. The maximum atomic E-state index is 12.5. The minimum Gasteiger partial charge on any atom is -0.414 e. The van der Waals surface area contributed by atoms with Crippen LogP contribution in [-0.2, 0) is 13.6 Å². The molecule has 1 aromatic rings. The third-order valence-corrected chi connectivity index (χ3v) is 16.9. The number of nitrogens with zero attached hydrogens (tertiary/aromatic N) is 2. The van der Waals surface area contributed by atoms with Crippen molar-refractivity contribution in [2.24, 2.45) is 0 Å². The maximum absolute atomic E-state index is 12.5. The molecule has 0 aromatic carbocycles. The van der Waals surface area contributed by atoms with E-state index in [0.29, 0.717) is 13.0 Å². The van der Waals surface area contributed by atoms with Gasteiger partial charge in [0.05, 0.1) is 18.6 Å². The average molecular weight is 504 g/mol. The molecular weight excluding hydrogens is 462 g/mol. The Morgan fingerprint density at radius 2 is 1.75 bits per heavy atom. The summed E-state index contributed by atoms with van der Waals surface area (Å²) in [6, 6.07) is 1.60. The van der Waals surface area contributed by atoms with E-state index in [0.717, 1.165) is 0 Å². The molecule has 32 heavy (non-hydrogen) atoms. The van der Waals surface area contributed by atoms with Crippen molar-refractivity contribution >= 4 is 34.1 Å². The molecule has 0 saturated carbocycles. The number of anilines is 1. The predicted molar refractivity (Wildman–Crippen MR) is 136 cm³/mol. The van der Waals surface area contributed by atoms with E-state index in [1.54, 1.807) is 12.3 Å². The molecule has 1 aliphatic heterocycles. The Kier molecular flexibility index (Phi) is 7.87. The molecule has 0 amide bonds. The number of alkyl halides is 1. The van der Waals surface area contributed by atoms with Crippen molar-refractivity contribution in [3.63, 3.8) is 0 Å². The summed E-state index contributed by atoms with van der Waals surface area (Å²) in [6.07, 6.45) is 1.26. The van der Waals surface area contributed by atoms with Gasteiger partial charge >= 0.3 is 5.69 Å². The van der Waals surface area contributed by atoms with Gasteiger partial charge in [0.25, 0.3) is 0 Å². The summed E-state index contributed by atoms with van der Waals surface area (Å²) in [4.78, 5) is 16.4. The summed E-state index contributed by atoms with van der Waals surface area (Å²) in [5, 5.41) is 0.0646. The quantitative estimate of drug-likeness (QED) is 0.409. The van der Waals surface area contributed by atoms with Crippen molar-refractivity contribution in [3.8, 4) is 0 Å². The van der Waals surface area contributed by atoms with Gasteiger partial charge in [0, 0.05) is 12.6 Å². The molecule has 2 rings (SSSR count). The Hall–Kier alpha value is -0.716. The molecule has 1 aromatic heterocycles. The van der Waals surface area contributed by atoms with Crippen LogP contribution in [-0.4, -0.2) is 50.4 Å². The number of rotatable bonds is 7. The van der Waals surface area contributed by atoms with Gasteiger partial charge in [-0.1, -0.05) is 41.5 Å². The second-order valence-corrected chi connectivity index (χ2v) is 21.8. The van der Waals surface area contributed by atoms with E-state index in [1.807, 2.05) is 0 Å². The highest BCUT2D eigenvalue weighted by Gasteiger charge is 2.54. The number of ether oxygens (including phenoxy) is 1. The summed E-state index contributed by atoms with van der Waals surface area (Å²) in [7, 11) is -4.21. The summed E-state index contributed by atoms with van der Waals surface area (Å²) in [5.41, 5.74) is 4.37. The van der Waals surface area contributed by atoms with E-state index in [-0.39, 0.29) is 27.9 Å². The summed E-state index contributed by atoms with van der Waals surface area (Å²) in [6.45, 7) is 22.4. The highest BCUT2D eigenvalue weighted by Crippen LogP contribution is 2.46. The van der Waals surface area contributed by atoms with Crippen LogP contribution in [0.5, 0.6) is 0 Å². The van der Waals surface area contributed by atoms with E-state index in [9.17, 15) is 4.79 Å². The maximum Gasteiger partial charge on any atom is 0.351 e. The summed E-state index contributed by atoms with van der Waals surface area (Å²) < 4.78 is 21.4. The molecule has 0 aliphatic carbocycles. The predicted octanol–water partition coefficient (Wildman–Crippen LogP) is 5.13. The van der Waals surface area contributed by atoms with Crippen LogP contribution >= 0.6 is 11.6 Å². The minimum atomic E-state index is -2.15. The molecule has 0 spiro atoms. The number of nitrogen functional groups attached to an aromatic ring is 1. The zero-order valence-electron chi connectivity index (χ0n) is 21.4. The lowest BCUT2D eigenvalue weighted by molar-refractivity contribution is -0.109. The van der Waals surface area contributed by atoms with E-state index < -0.39 is 34.2 Å². The third kappa shape index (κ3) is 5.67. The monoisotopic (exact) mass is 503 g/mol. The lowest BCUT2D eigenvalue weighted by atomic mass is 10.0. The van der Waals surface area contributed by atoms with Crippen LogP contribution in [0.3, 0.4) is 0 Å². The topological polar surface area (TPSA) is 88.6 Å². The standard InChI is InChI=1S/C22H42ClN3O4Si2/c1-20(2,3)31(7,8)28-15-22(14-23)16(30-32(9,10)21(4,5)6)13-18(29-22)26-12-11-17(24)25-19(26)27/h11-12,16,18H,13-15H2,1-10H3,(H2,24,25,27)/t16?,18-,22-/m1/s1. The molecular formula is C22H42ClN3O4Si2. The fourth-order valence-corrected chi connectivity index (χ4v) is 5.82. The van der Waals surface area contributed by atoms with Crippen molar-refractivity contribution in [1.29, 1.82) is 0 Å². The summed E-state index contributed by atoms with van der Waals surface area (Å²) in [5.74, 6) is 0.386. The van der Waals surface area contributed by atoms with Crippen LogP contribution in [0.4, 0.5) is 5.82 Å². The first kappa shape index (κ1) is 27.5. The van der Waals surface area contributed by atoms with Gasteiger partial charge in [-0.25, -0.2) is 4.79 Å². The molecule has 2 N–H and O–H groups in total. The lowest BCUT2D eigenvalue weighted by Crippen LogP contribution is -2.55. The van der Waals surface area contributed by atoms with Crippen LogP contribution in [0.1, 0.15) is 54.2 Å². The van der Waals surface area contributed by atoms with Gasteiger partial charge in [0.1, 0.15) is 17.6 Å². The van der Waals surface area contributed by atoms with Crippen LogP contribution in [0.2, 0.25) is 36.3 Å². The number of hydrogen-bond donors (Lipinski definition) is 1. The van der Waals surface area contributed by atoms with Crippen molar-refractivity contribution in [2.75, 3.05) is 18.2 Å². The molecule has 3 atom stereocenters. The third-order valence-electron chi connectivity index (χ3n) is 7.49. The van der Waals surface area contributed by atoms with Gasteiger partial charge in [-0.2, -0.15) is 4.98 Å². The SMILES string of the molecule is CC(C)(C)[Si](C)(C)OC[C@@]1(CCl)O[C@@H](n2ccc(N)nc2=O)CC1O[Si](C)(C)C(C)(C)C. The van der Waals surface area contributed by atoms with Crippen molar-refractivity contribution < 1.29 is 13.6 Å². The Bertz CT molecular complexity index is 864. The van der Waals surface area contributed by atoms with Crippen LogP contribution in [0.25, 0.3) is 0 Å². The molecule has 1 fully saturated rings. The Balaban J connectivity index is 2.44. The average Bonchev–Trinajstić information content (AvgIpc) is 2.96. The normalized spacial score (nSPS) is 25.3. The van der Waals surface area contributed by atoms with Crippen LogP contribution < -0.4 is 11.4 Å². The highest BCUT2D eigenvalue weighted by atomic mass is 35.5. The van der Waals surface area contributed by atoms with Gasteiger partial charge in [0.15, 0.2) is 16.6 Å². The van der Waals surface area contributed by atoms with E-state index in [2.05, 4.69) is 72.7 Å². The molecule has 7 nitrogen and oxygen atoms in total. The van der Waals surface area contributed by atoms with E-state index >= 15 is 0 Å². The molecule has 184 valence electrons. The Morgan fingerprint density at radius 3 is 2.22 bits per heavy atom. The number of aromatic nitrogens is 2. The van der Waals surface area contributed by atoms with Gasteiger partial charge < -0.3 is 19.3 Å². The smallest absolute Gasteiger partial charge is 0.351 e. The molecule has 1 aliphatic rings. The van der Waals surface area contributed by atoms with Gasteiger partial charge in [-0.15, -0.1) is 11.6 Å². The Morgan fingerprint density at radius 1 is 1.19 bits per heavy atom. The minimum absolute atomic E-state index is 0.0169. The van der Waals surface area contributed by atoms with Crippen molar-refractivity contribution in [1.82, 2.24) is 9.55 Å². The van der Waals surface area contributed by atoms with Gasteiger partial charge in [0.2, 0.25) is 0 Å². The lowest BCUT2D eigenvalue weighted by Gasteiger charge is -2.44. The Labute approximate surface area is 200 Å². The van der Waals surface area contributed by atoms with Crippen molar-refractivity contribution in [2.45, 2.75) is 102 Å². The van der Waals surface area contributed by atoms with Crippen LogP contribution in [0.15, 0.2) is 17.1 Å². The molecule has 10 heteroatoms. The number of hydrogen-bond acceptors (Lipinski definition) is 6. The first-order chi connectivity index (χ1) is 14.4. The van der Waals surface area contributed by atoms with Crippen molar-refractivity contribution in [3.05, 3.63) is 22.7 Å². The first-order valence-electron chi connectivity index (χ1n) is 11.3. The molecule has 0 bridgehead atoms. The largest absolute Gasteiger partial charge is 0.414 e. The second-order valence-electron chi connectivity index (χ2n) is 12.0. The highest BCUT2D eigenvalue weighted by molar-refractivity contribution is 6.74. The van der Waals surface area contributed by atoms with Gasteiger partial charge in [-0.05, 0) is 42.3 Å². The number of halogens is 1. The van der Waals surface area contributed by atoms with E-state index in [4.69, 9.17) is 30.9 Å². The summed E-state index contributed by atoms with van der Waals surface area (Å²) >= 11 is 6.59. The first-order valence-corrected chi connectivity index (χ1v) is 17.6. The van der Waals surface area contributed by atoms with Crippen LogP contribution in [0, 0.1) is 0 Å². The number of nitrogens with two attached hydrogens (primary N) is 1. The molecule has 1 saturated heterocycles. The zero-order chi connectivity index (χ0) is 24.8. The molecule has 2 heterocycles. The fourth-order valence-electron chi connectivity index (χ4n) is 3.10. The molecule has 0 radical (unpaired) electrons. The van der Waals surface area contributed by atoms with Gasteiger partial charge in [-0.3, -0.25) is 4.57 Å². The molecule has 1 unspecified atom stereocenters.